The van der Waals surface area contributed by atoms with E-state index in [0.717, 1.165) is 0 Å². The van der Waals surface area contributed by atoms with Crippen molar-refractivity contribution in [1.82, 2.24) is 0 Å². The minimum absolute atomic E-state index is 0.312. The Labute approximate surface area is 203 Å². The second-order valence-corrected chi connectivity index (χ2v) is 11.6. The largest absolute Gasteiger partial charge is 0.748 e. The van der Waals surface area contributed by atoms with Gasteiger partial charge in [-0.25, -0.2) is 8.42 Å². The van der Waals surface area contributed by atoms with Crippen LogP contribution in [0.5, 0.6) is 0 Å². The topological polar surface area (TPSA) is 57.2 Å². The van der Waals surface area contributed by atoms with Gasteiger partial charge >= 0.3 is 0 Å². The summed E-state index contributed by atoms with van der Waals surface area (Å²) in [6.07, 6.45) is 25.9. The summed E-state index contributed by atoms with van der Waals surface area (Å²) in [6, 6.07) is 0. The molecule has 0 unspecified atom stereocenters. The first kappa shape index (κ1) is 34.0. The molecule has 0 N–H and O–H groups in total. The van der Waals surface area contributed by atoms with Crippen LogP contribution in [0.25, 0.3) is 0 Å². The number of hydrogen-bond acceptors (Lipinski definition) is 3. The van der Waals surface area contributed by atoms with Gasteiger partial charge in [0, 0.05) is 5.75 Å². The third-order valence-corrected chi connectivity index (χ3v) is 7.22. The Balaban J connectivity index is 0. The average molecular weight is 478 g/mol. The Morgan fingerprint density at radius 3 is 0.938 bits per heavy atom. The lowest BCUT2D eigenvalue weighted by Crippen LogP contribution is -2.46. The molecule has 0 aliphatic carbocycles. The second kappa shape index (κ2) is 24.0. The molecular weight excluding hydrogens is 418 g/mol. The second-order valence-electron chi connectivity index (χ2n) is 9.94. The van der Waals surface area contributed by atoms with Crippen LogP contribution in [0, 0.1) is 0 Å². The first-order chi connectivity index (χ1) is 15.2. The molecule has 0 bridgehead atoms. The van der Waals surface area contributed by atoms with Gasteiger partial charge in [-0.1, -0.05) is 105 Å². The SMILES string of the molecule is CCCCCCCC[N+](C)(CCCCCCCC)CCCCCCCC.CCS(=O)(=O)[O-]. The van der Waals surface area contributed by atoms with E-state index in [1.54, 1.807) is 0 Å². The average Bonchev–Trinajstić information content (AvgIpc) is 2.75. The molecule has 196 valence electrons. The van der Waals surface area contributed by atoms with Gasteiger partial charge in [0.2, 0.25) is 0 Å². The molecule has 0 atom stereocenters. The maximum Gasteiger partial charge on any atom is 0.0943 e. The van der Waals surface area contributed by atoms with E-state index in [4.69, 9.17) is 0 Å². The van der Waals surface area contributed by atoms with Crippen LogP contribution in [-0.2, 0) is 10.1 Å². The van der Waals surface area contributed by atoms with Crippen LogP contribution in [0.2, 0.25) is 0 Å². The smallest absolute Gasteiger partial charge is 0.0943 e. The fraction of sp³-hybridized carbons (Fsp3) is 1.00. The highest BCUT2D eigenvalue weighted by Gasteiger charge is 2.20. The van der Waals surface area contributed by atoms with Gasteiger partial charge < -0.3 is 9.04 Å². The zero-order chi connectivity index (χ0) is 24.6. The van der Waals surface area contributed by atoms with Crippen LogP contribution >= 0.6 is 0 Å². The Morgan fingerprint density at radius 2 is 0.719 bits per heavy atom. The maximum atomic E-state index is 9.44. The molecule has 0 aromatic heterocycles. The van der Waals surface area contributed by atoms with Crippen LogP contribution in [-0.4, -0.2) is 49.9 Å². The van der Waals surface area contributed by atoms with E-state index in [1.807, 2.05) is 0 Å². The van der Waals surface area contributed by atoms with E-state index in [0.29, 0.717) is 0 Å². The van der Waals surface area contributed by atoms with E-state index in [1.165, 1.54) is 147 Å². The highest BCUT2D eigenvalue weighted by atomic mass is 32.2. The highest BCUT2D eigenvalue weighted by molar-refractivity contribution is 7.85. The molecule has 0 spiro atoms. The van der Waals surface area contributed by atoms with Crippen LogP contribution < -0.4 is 0 Å². The normalized spacial score (nSPS) is 11.9. The first-order valence-corrected chi connectivity index (χ1v) is 15.6. The molecular formula is C27H59NO3S. The Morgan fingerprint density at radius 1 is 0.500 bits per heavy atom. The predicted octanol–water partition coefficient (Wildman–Crippen LogP) is 8.07. The number of hydrogen-bond donors (Lipinski definition) is 0. The summed E-state index contributed by atoms with van der Waals surface area (Å²) in [5, 5.41) is 0. The van der Waals surface area contributed by atoms with Gasteiger partial charge in [0.05, 0.1) is 36.8 Å². The minimum Gasteiger partial charge on any atom is -0.748 e. The third-order valence-electron chi connectivity index (χ3n) is 6.51. The van der Waals surface area contributed by atoms with Gasteiger partial charge in [-0.15, -0.1) is 0 Å². The van der Waals surface area contributed by atoms with Crippen molar-refractivity contribution in [2.45, 2.75) is 143 Å². The van der Waals surface area contributed by atoms with Gasteiger partial charge in [0.25, 0.3) is 0 Å². The quantitative estimate of drug-likeness (QED) is 0.0899. The summed E-state index contributed by atoms with van der Waals surface area (Å²) in [5.41, 5.74) is 0. The summed E-state index contributed by atoms with van der Waals surface area (Å²) >= 11 is 0. The van der Waals surface area contributed by atoms with Crippen molar-refractivity contribution >= 4 is 10.1 Å². The van der Waals surface area contributed by atoms with E-state index >= 15 is 0 Å². The van der Waals surface area contributed by atoms with Crippen LogP contribution in [0.4, 0.5) is 0 Å². The van der Waals surface area contributed by atoms with E-state index in [2.05, 4.69) is 27.8 Å². The molecule has 0 aromatic rings. The van der Waals surface area contributed by atoms with Crippen LogP contribution in [0.15, 0.2) is 0 Å². The Hall–Kier alpha value is -0.130. The standard InChI is InChI=1S/C25H54N.C2H6O3S/c1-5-8-11-14-17-20-23-26(4,24-21-18-15-12-9-6-2)25-22-19-16-13-10-7-3;1-2-6(3,4)5/h5-25H2,1-4H3;2H2,1H3,(H,3,4,5)/q+1;/p-1. The summed E-state index contributed by atoms with van der Waals surface area (Å²) in [7, 11) is -1.35. The molecule has 0 saturated heterocycles. The predicted molar refractivity (Wildman–Crippen MR) is 141 cm³/mol. The number of nitrogens with zero attached hydrogens (tertiary/aromatic N) is 1. The zero-order valence-corrected chi connectivity index (χ0v) is 23.5. The summed E-state index contributed by atoms with van der Waals surface area (Å²) in [4.78, 5) is 0. The molecule has 4 nitrogen and oxygen atoms in total. The van der Waals surface area contributed by atoms with Gasteiger partial charge in [-0.05, 0) is 38.5 Å². The highest BCUT2D eigenvalue weighted by Crippen LogP contribution is 2.16. The number of rotatable bonds is 22. The van der Waals surface area contributed by atoms with Crippen molar-refractivity contribution in [3.63, 3.8) is 0 Å². The lowest BCUT2D eigenvalue weighted by atomic mass is 10.1. The van der Waals surface area contributed by atoms with Crippen molar-refractivity contribution in [1.29, 1.82) is 0 Å². The van der Waals surface area contributed by atoms with Gasteiger partial charge in [0.15, 0.2) is 0 Å². The van der Waals surface area contributed by atoms with E-state index in [-0.39, 0.29) is 5.75 Å². The van der Waals surface area contributed by atoms with Gasteiger partial charge in [-0.3, -0.25) is 0 Å². The zero-order valence-electron chi connectivity index (χ0n) is 22.6. The Kier molecular flexibility index (Phi) is 25.5. The van der Waals surface area contributed by atoms with Crippen molar-refractivity contribution in [3.8, 4) is 0 Å². The fourth-order valence-electron chi connectivity index (χ4n) is 4.16. The van der Waals surface area contributed by atoms with Crippen molar-refractivity contribution in [3.05, 3.63) is 0 Å². The molecule has 32 heavy (non-hydrogen) atoms. The minimum atomic E-state index is -3.91. The Bertz CT molecular complexity index is 425. The van der Waals surface area contributed by atoms with Gasteiger partial charge in [0.1, 0.15) is 0 Å². The fourth-order valence-corrected chi connectivity index (χ4v) is 4.16. The monoisotopic (exact) mass is 477 g/mol. The summed E-state index contributed by atoms with van der Waals surface area (Å²) in [5.74, 6) is -0.312. The number of unbranched alkanes of at least 4 members (excludes halogenated alkanes) is 15. The lowest BCUT2D eigenvalue weighted by molar-refractivity contribution is -0.910. The molecule has 0 amide bonds. The summed E-state index contributed by atoms with van der Waals surface area (Å²) < 4.78 is 29.7. The van der Waals surface area contributed by atoms with E-state index in [9.17, 15) is 13.0 Å². The van der Waals surface area contributed by atoms with Crippen LogP contribution in [0.1, 0.15) is 143 Å². The third kappa shape index (κ3) is 27.9. The molecule has 0 aliphatic heterocycles. The molecule has 0 aromatic carbocycles. The number of quaternary nitrogens is 1. The summed E-state index contributed by atoms with van der Waals surface area (Å²) in [6.45, 7) is 12.5. The lowest BCUT2D eigenvalue weighted by Gasteiger charge is -2.35. The molecule has 0 rings (SSSR count). The van der Waals surface area contributed by atoms with Crippen molar-refractivity contribution in [2.24, 2.45) is 0 Å². The molecule has 0 aliphatic rings. The van der Waals surface area contributed by atoms with Gasteiger partial charge in [-0.2, -0.15) is 0 Å². The van der Waals surface area contributed by atoms with Crippen LogP contribution in [0.3, 0.4) is 0 Å². The molecule has 0 fully saturated rings. The molecule has 5 heteroatoms. The van der Waals surface area contributed by atoms with Crippen molar-refractivity contribution < 1.29 is 17.5 Å². The maximum absolute atomic E-state index is 9.44. The molecule has 0 radical (unpaired) electrons. The van der Waals surface area contributed by atoms with E-state index < -0.39 is 10.1 Å². The first-order valence-electron chi connectivity index (χ1n) is 14.0. The van der Waals surface area contributed by atoms with Crippen molar-refractivity contribution in [2.75, 3.05) is 32.4 Å². The molecule has 0 heterocycles. The molecule has 0 saturated carbocycles.